The molecule has 0 fully saturated rings. The van der Waals surface area contributed by atoms with Gasteiger partial charge in [0.1, 0.15) is 0 Å². The van der Waals surface area contributed by atoms with E-state index in [1.54, 1.807) is 12.1 Å². The molecule has 174 valence electrons. The molecule has 35 heavy (non-hydrogen) atoms. The van der Waals surface area contributed by atoms with Gasteiger partial charge in [0.2, 0.25) is 0 Å². The topological polar surface area (TPSA) is 165 Å². The number of nitrogens with zero attached hydrogens (tertiary/aromatic N) is 4. The van der Waals surface area contributed by atoms with E-state index in [9.17, 15) is 29.8 Å². The molecular formula is C23H14N4O8. The first-order chi connectivity index (χ1) is 16.8. The fourth-order valence-corrected chi connectivity index (χ4v) is 3.18. The SMILES string of the molecule is O=C(OC(OC(=O)c1cccc([N+](=O)[O-])c1)c1cccc2nccnc12)c1cccc([N+](=O)[O-])c1. The van der Waals surface area contributed by atoms with Gasteiger partial charge in [-0.2, -0.15) is 0 Å². The highest BCUT2D eigenvalue weighted by Crippen LogP contribution is 2.28. The number of carbonyl (C=O) groups excluding carboxylic acids is 2. The summed E-state index contributed by atoms with van der Waals surface area (Å²) in [4.78, 5) is 54.8. The summed E-state index contributed by atoms with van der Waals surface area (Å²) >= 11 is 0. The second kappa shape index (κ2) is 9.70. The van der Waals surface area contributed by atoms with Crippen molar-refractivity contribution in [3.8, 4) is 0 Å². The van der Waals surface area contributed by atoms with Crippen molar-refractivity contribution in [2.75, 3.05) is 0 Å². The number of hydrogen-bond acceptors (Lipinski definition) is 10. The zero-order valence-corrected chi connectivity index (χ0v) is 17.6. The molecule has 0 saturated carbocycles. The van der Waals surface area contributed by atoms with Crippen LogP contribution in [0, 0.1) is 20.2 Å². The Bertz CT molecular complexity index is 1400. The number of nitro groups is 2. The van der Waals surface area contributed by atoms with Crippen molar-refractivity contribution in [2.45, 2.75) is 6.29 Å². The molecule has 4 rings (SSSR count). The average Bonchev–Trinajstić information content (AvgIpc) is 2.88. The van der Waals surface area contributed by atoms with Crippen LogP contribution in [0.1, 0.15) is 32.6 Å². The van der Waals surface area contributed by atoms with Gasteiger partial charge < -0.3 is 9.47 Å². The molecule has 0 saturated heterocycles. The molecule has 0 aliphatic carbocycles. The van der Waals surface area contributed by atoms with Crippen LogP contribution in [0.15, 0.2) is 79.1 Å². The summed E-state index contributed by atoms with van der Waals surface area (Å²) in [6.45, 7) is 0. The maximum atomic E-state index is 12.8. The van der Waals surface area contributed by atoms with Gasteiger partial charge in [0, 0.05) is 36.7 Å². The third kappa shape index (κ3) is 5.06. The van der Waals surface area contributed by atoms with Crippen molar-refractivity contribution in [3.05, 3.63) is 116 Å². The number of rotatable bonds is 7. The van der Waals surface area contributed by atoms with Gasteiger partial charge in [-0.15, -0.1) is 0 Å². The zero-order valence-electron chi connectivity index (χ0n) is 17.6. The van der Waals surface area contributed by atoms with Crippen molar-refractivity contribution in [3.63, 3.8) is 0 Å². The number of aromatic nitrogens is 2. The van der Waals surface area contributed by atoms with Gasteiger partial charge >= 0.3 is 11.9 Å². The molecule has 1 heterocycles. The molecule has 0 spiro atoms. The second-order valence-corrected chi connectivity index (χ2v) is 7.03. The van der Waals surface area contributed by atoms with Crippen LogP contribution in [-0.2, 0) is 9.47 Å². The molecule has 12 nitrogen and oxygen atoms in total. The standard InChI is InChI=1S/C23H14N4O8/c28-21(14-4-1-6-16(12-14)26(30)31)34-23(18-8-3-9-19-20(18)25-11-10-24-19)35-22(29)15-5-2-7-17(13-15)27(32)33/h1-13,23H. The van der Waals surface area contributed by atoms with E-state index >= 15 is 0 Å². The first-order valence-corrected chi connectivity index (χ1v) is 9.94. The first-order valence-electron chi connectivity index (χ1n) is 9.94. The van der Waals surface area contributed by atoms with E-state index in [4.69, 9.17) is 9.47 Å². The molecule has 4 aromatic rings. The number of benzene rings is 3. The number of nitro benzene ring substituents is 2. The quantitative estimate of drug-likeness (QED) is 0.164. The van der Waals surface area contributed by atoms with Crippen LogP contribution >= 0.6 is 0 Å². The van der Waals surface area contributed by atoms with Crippen molar-refractivity contribution < 1.29 is 28.9 Å². The largest absolute Gasteiger partial charge is 0.417 e. The molecule has 3 aromatic carbocycles. The fraction of sp³-hybridized carbons (Fsp3) is 0.0435. The third-order valence-electron chi connectivity index (χ3n) is 4.80. The van der Waals surface area contributed by atoms with E-state index in [-0.39, 0.29) is 33.6 Å². The summed E-state index contributed by atoms with van der Waals surface area (Å²) in [6.07, 6.45) is 1.20. The van der Waals surface area contributed by atoms with Crippen molar-refractivity contribution in [1.82, 2.24) is 9.97 Å². The number of non-ortho nitro benzene ring substituents is 2. The van der Waals surface area contributed by atoms with E-state index in [1.807, 2.05) is 0 Å². The molecule has 0 bridgehead atoms. The summed E-state index contributed by atoms with van der Waals surface area (Å²) in [7, 11) is 0. The molecular weight excluding hydrogens is 460 g/mol. The summed E-state index contributed by atoms with van der Waals surface area (Å²) in [5.74, 6) is -2.02. The summed E-state index contributed by atoms with van der Waals surface area (Å²) in [5, 5.41) is 22.1. The minimum absolute atomic E-state index is 0.151. The van der Waals surface area contributed by atoms with E-state index in [2.05, 4.69) is 9.97 Å². The van der Waals surface area contributed by atoms with Crippen LogP contribution in [-0.4, -0.2) is 31.8 Å². The molecule has 0 N–H and O–H groups in total. The van der Waals surface area contributed by atoms with E-state index in [0.717, 1.165) is 12.1 Å². The van der Waals surface area contributed by atoms with Crippen LogP contribution in [0.4, 0.5) is 11.4 Å². The Morgan fingerprint density at radius 3 is 1.80 bits per heavy atom. The fourth-order valence-electron chi connectivity index (χ4n) is 3.18. The lowest BCUT2D eigenvalue weighted by Crippen LogP contribution is -2.19. The monoisotopic (exact) mass is 474 g/mol. The molecule has 1 aromatic heterocycles. The number of carbonyl (C=O) groups is 2. The molecule has 0 aliphatic rings. The van der Waals surface area contributed by atoms with Crippen molar-refractivity contribution in [2.24, 2.45) is 0 Å². The van der Waals surface area contributed by atoms with Gasteiger partial charge in [0.25, 0.3) is 17.7 Å². The lowest BCUT2D eigenvalue weighted by Gasteiger charge is -2.19. The van der Waals surface area contributed by atoms with Gasteiger partial charge in [0.05, 0.1) is 37.6 Å². The van der Waals surface area contributed by atoms with Gasteiger partial charge in [-0.1, -0.05) is 18.2 Å². The first kappa shape index (κ1) is 22.9. The Morgan fingerprint density at radius 2 is 1.26 bits per heavy atom. The summed E-state index contributed by atoms with van der Waals surface area (Å²) < 4.78 is 10.9. The number of ether oxygens (including phenoxy) is 2. The highest BCUT2D eigenvalue weighted by Gasteiger charge is 2.27. The lowest BCUT2D eigenvalue weighted by molar-refractivity contribution is -0.385. The third-order valence-corrected chi connectivity index (χ3v) is 4.80. The second-order valence-electron chi connectivity index (χ2n) is 7.03. The molecule has 12 heteroatoms. The number of hydrogen-bond donors (Lipinski definition) is 0. The maximum absolute atomic E-state index is 12.8. The van der Waals surface area contributed by atoms with Crippen LogP contribution in [0.2, 0.25) is 0 Å². The van der Waals surface area contributed by atoms with Crippen LogP contribution in [0.3, 0.4) is 0 Å². The summed E-state index contributed by atoms with van der Waals surface area (Å²) in [5.41, 5.74) is -0.0929. The summed E-state index contributed by atoms with van der Waals surface area (Å²) in [6, 6.07) is 14.4. The Morgan fingerprint density at radius 1 is 0.743 bits per heavy atom. The predicted octanol–water partition coefficient (Wildman–Crippen LogP) is 4.16. The van der Waals surface area contributed by atoms with Crippen LogP contribution in [0.25, 0.3) is 11.0 Å². The van der Waals surface area contributed by atoms with Crippen LogP contribution < -0.4 is 0 Å². The Hall–Kier alpha value is -5.26. The smallest absolute Gasteiger partial charge is 0.341 e. The normalized spacial score (nSPS) is 10.7. The van der Waals surface area contributed by atoms with Gasteiger partial charge in [-0.25, -0.2) is 9.59 Å². The number of para-hydroxylation sites is 1. The molecule has 0 unspecified atom stereocenters. The minimum atomic E-state index is -1.64. The average molecular weight is 474 g/mol. The highest BCUT2D eigenvalue weighted by atomic mass is 16.7. The number of fused-ring (bicyclic) bond motifs is 1. The Kier molecular flexibility index (Phi) is 6.35. The molecule has 0 aliphatic heterocycles. The lowest BCUT2D eigenvalue weighted by atomic mass is 10.1. The van der Waals surface area contributed by atoms with Gasteiger partial charge in [-0.3, -0.25) is 30.2 Å². The molecule has 0 atom stereocenters. The zero-order chi connectivity index (χ0) is 24.9. The van der Waals surface area contributed by atoms with Crippen LogP contribution in [0.5, 0.6) is 0 Å². The van der Waals surface area contributed by atoms with E-state index in [1.165, 1.54) is 54.9 Å². The maximum Gasteiger partial charge on any atom is 0.341 e. The number of esters is 2. The van der Waals surface area contributed by atoms with Gasteiger partial charge in [0.15, 0.2) is 0 Å². The Balaban J connectivity index is 1.71. The minimum Gasteiger partial charge on any atom is -0.417 e. The Labute approximate surface area is 196 Å². The van der Waals surface area contributed by atoms with E-state index in [0.29, 0.717) is 5.52 Å². The van der Waals surface area contributed by atoms with Crippen molar-refractivity contribution in [1.29, 1.82) is 0 Å². The molecule has 0 amide bonds. The predicted molar refractivity (Wildman–Crippen MR) is 119 cm³/mol. The molecule has 0 radical (unpaired) electrons. The van der Waals surface area contributed by atoms with Crippen molar-refractivity contribution >= 4 is 34.3 Å². The highest BCUT2D eigenvalue weighted by molar-refractivity contribution is 5.92. The van der Waals surface area contributed by atoms with Gasteiger partial charge in [-0.05, 0) is 24.3 Å². The van der Waals surface area contributed by atoms with E-state index < -0.39 is 28.1 Å².